The molecule has 2 bridgehead atoms. The van der Waals surface area contributed by atoms with Gasteiger partial charge in [-0.15, -0.1) is 0 Å². The van der Waals surface area contributed by atoms with Gasteiger partial charge >= 0.3 is 0 Å². The molecule has 2 saturated heterocycles. The third-order valence-electron chi connectivity index (χ3n) is 2.66. The number of ether oxygens (including phenoxy) is 1. The molecule has 2 fully saturated rings. The van der Waals surface area contributed by atoms with Crippen LogP contribution in [0.4, 0.5) is 0 Å². The molecule has 0 aromatic carbocycles. The van der Waals surface area contributed by atoms with Gasteiger partial charge in [-0.25, -0.2) is 0 Å². The summed E-state index contributed by atoms with van der Waals surface area (Å²) in [5, 5.41) is 9.22. The van der Waals surface area contributed by atoms with Gasteiger partial charge in [-0.05, 0) is 19.3 Å². The van der Waals surface area contributed by atoms with Crippen molar-refractivity contribution in [3.8, 4) is 0 Å². The number of piperidine rings is 1. The van der Waals surface area contributed by atoms with Crippen molar-refractivity contribution in [2.24, 2.45) is 5.92 Å². The lowest BCUT2D eigenvalue weighted by molar-refractivity contribution is 0.0611. The van der Waals surface area contributed by atoms with E-state index in [0.29, 0.717) is 6.10 Å². The number of hydrogen-bond acceptors (Lipinski definition) is 3. The Morgan fingerprint density at radius 3 is 3.08 bits per heavy atom. The molecule has 3 unspecified atom stereocenters. The SMILES string of the molecule is CC(O)CN1CC2COC(C2)C1. The van der Waals surface area contributed by atoms with Crippen LogP contribution in [0.3, 0.4) is 0 Å². The van der Waals surface area contributed by atoms with Crippen LogP contribution in [0, 0.1) is 5.92 Å². The van der Waals surface area contributed by atoms with Gasteiger partial charge in [0, 0.05) is 19.6 Å². The largest absolute Gasteiger partial charge is 0.392 e. The molecule has 2 rings (SSSR count). The summed E-state index contributed by atoms with van der Waals surface area (Å²) in [6, 6.07) is 0. The van der Waals surface area contributed by atoms with E-state index in [-0.39, 0.29) is 6.10 Å². The Balaban J connectivity index is 1.85. The van der Waals surface area contributed by atoms with E-state index < -0.39 is 0 Å². The fourth-order valence-electron chi connectivity index (χ4n) is 2.28. The van der Waals surface area contributed by atoms with Crippen LogP contribution in [-0.2, 0) is 4.74 Å². The summed E-state index contributed by atoms with van der Waals surface area (Å²) in [6.07, 6.45) is 1.47. The molecule has 0 aromatic rings. The average Bonchev–Trinajstić information content (AvgIpc) is 2.29. The molecule has 2 aliphatic heterocycles. The van der Waals surface area contributed by atoms with Crippen molar-refractivity contribution in [2.45, 2.75) is 25.6 Å². The van der Waals surface area contributed by atoms with Crippen molar-refractivity contribution in [2.75, 3.05) is 26.2 Å². The number of rotatable bonds is 2. The van der Waals surface area contributed by atoms with Crippen molar-refractivity contribution < 1.29 is 9.84 Å². The van der Waals surface area contributed by atoms with Gasteiger partial charge in [0.2, 0.25) is 0 Å². The number of fused-ring (bicyclic) bond motifs is 2. The lowest BCUT2D eigenvalue weighted by Crippen LogP contribution is -2.42. The van der Waals surface area contributed by atoms with Gasteiger partial charge in [0.15, 0.2) is 0 Å². The highest BCUT2D eigenvalue weighted by molar-refractivity contribution is 4.85. The minimum atomic E-state index is -0.206. The van der Waals surface area contributed by atoms with Crippen LogP contribution in [-0.4, -0.2) is 48.5 Å². The number of β-amino-alcohol motifs (C(OH)–C–C–N with tert-alkyl or cyclic N) is 1. The van der Waals surface area contributed by atoms with Gasteiger partial charge in [0.1, 0.15) is 0 Å². The summed E-state index contributed by atoms with van der Waals surface area (Å²) >= 11 is 0. The van der Waals surface area contributed by atoms with Gasteiger partial charge in [-0.3, -0.25) is 4.90 Å². The number of hydrogen-bond donors (Lipinski definition) is 1. The van der Waals surface area contributed by atoms with E-state index in [1.54, 1.807) is 0 Å². The highest BCUT2D eigenvalue weighted by Gasteiger charge is 2.33. The van der Waals surface area contributed by atoms with Crippen molar-refractivity contribution in [1.29, 1.82) is 0 Å². The van der Waals surface area contributed by atoms with Gasteiger partial charge < -0.3 is 9.84 Å². The van der Waals surface area contributed by atoms with Crippen LogP contribution in [0.5, 0.6) is 0 Å². The topological polar surface area (TPSA) is 32.7 Å². The highest BCUT2D eigenvalue weighted by Crippen LogP contribution is 2.26. The predicted octanol–water partition coefficient (Wildman–Crippen LogP) is 0.0879. The molecule has 3 heteroatoms. The molecule has 0 saturated carbocycles. The Kier molecular flexibility index (Phi) is 2.35. The monoisotopic (exact) mass is 171 g/mol. The lowest BCUT2D eigenvalue weighted by atomic mass is 10.00. The second kappa shape index (κ2) is 3.32. The lowest BCUT2D eigenvalue weighted by Gasteiger charge is -2.30. The molecule has 2 aliphatic rings. The Morgan fingerprint density at radius 1 is 1.58 bits per heavy atom. The quantitative estimate of drug-likeness (QED) is 0.639. The molecule has 70 valence electrons. The summed E-state index contributed by atoms with van der Waals surface area (Å²) in [4.78, 5) is 2.32. The summed E-state index contributed by atoms with van der Waals surface area (Å²) in [5.41, 5.74) is 0. The number of nitrogens with zero attached hydrogens (tertiary/aromatic N) is 1. The molecule has 0 aliphatic carbocycles. The van der Waals surface area contributed by atoms with Crippen molar-refractivity contribution in [3.63, 3.8) is 0 Å². The van der Waals surface area contributed by atoms with Gasteiger partial charge in [0.25, 0.3) is 0 Å². The fraction of sp³-hybridized carbons (Fsp3) is 1.00. The molecule has 1 N–H and O–H groups in total. The summed E-state index contributed by atoms with van der Waals surface area (Å²) in [5.74, 6) is 0.725. The van der Waals surface area contributed by atoms with Gasteiger partial charge in [0.05, 0.1) is 18.8 Å². The molecular formula is C9H17NO2. The van der Waals surface area contributed by atoms with E-state index in [0.717, 1.165) is 32.2 Å². The minimum Gasteiger partial charge on any atom is -0.392 e. The summed E-state index contributed by atoms with van der Waals surface area (Å²) < 4.78 is 5.57. The predicted molar refractivity (Wildman–Crippen MR) is 46.0 cm³/mol. The molecule has 3 nitrogen and oxygen atoms in total. The molecule has 12 heavy (non-hydrogen) atoms. The van der Waals surface area contributed by atoms with Gasteiger partial charge in [-0.2, -0.15) is 0 Å². The molecule has 3 atom stereocenters. The Bertz CT molecular complexity index is 149. The maximum Gasteiger partial charge on any atom is 0.0706 e. The average molecular weight is 171 g/mol. The zero-order chi connectivity index (χ0) is 8.55. The standard InChI is InChI=1S/C9H17NO2/c1-7(11)3-10-4-8-2-9(5-10)12-6-8/h7-9,11H,2-6H2,1H3. The van der Waals surface area contributed by atoms with Crippen LogP contribution in [0.25, 0.3) is 0 Å². The molecule has 0 spiro atoms. The maximum absolute atomic E-state index is 9.22. The second-order valence-corrected chi connectivity index (χ2v) is 4.12. The minimum absolute atomic E-state index is 0.206. The fourth-order valence-corrected chi connectivity index (χ4v) is 2.28. The molecule has 0 amide bonds. The van der Waals surface area contributed by atoms with E-state index in [1.807, 2.05) is 6.92 Å². The maximum atomic E-state index is 9.22. The number of aliphatic hydroxyl groups excluding tert-OH is 1. The van der Waals surface area contributed by atoms with Crippen LogP contribution in [0.1, 0.15) is 13.3 Å². The Hall–Kier alpha value is -0.120. The third kappa shape index (κ3) is 1.79. The van der Waals surface area contributed by atoms with Crippen LogP contribution < -0.4 is 0 Å². The van der Waals surface area contributed by atoms with E-state index in [1.165, 1.54) is 6.42 Å². The first-order valence-corrected chi connectivity index (χ1v) is 4.76. The van der Waals surface area contributed by atoms with E-state index in [2.05, 4.69) is 4.90 Å². The smallest absolute Gasteiger partial charge is 0.0706 e. The van der Waals surface area contributed by atoms with E-state index >= 15 is 0 Å². The van der Waals surface area contributed by atoms with E-state index in [4.69, 9.17) is 4.74 Å². The third-order valence-corrected chi connectivity index (χ3v) is 2.66. The Labute approximate surface area is 73.3 Å². The van der Waals surface area contributed by atoms with Crippen LogP contribution in [0.2, 0.25) is 0 Å². The molecule has 0 radical (unpaired) electrons. The van der Waals surface area contributed by atoms with Crippen molar-refractivity contribution in [1.82, 2.24) is 4.90 Å². The first kappa shape index (κ1) is 8.48. The summed E-state index contributed by atoms with van der Waals surface area (Å²) in [6.45, 7) is 5.71. The van der Waals surface area contributed by atoms with Crippen molar-refractivity contribution in [3.05, 3.63) is 0 Å². The van der Waals surface area contributed by atoms with E-state index in [9.17, 15) is 5.11 Å². The molecular weight excluding hydrogens is 154 g/mol. The molecule has 0 aromatic heterocycles. The zero-order valence-electron chi connectivity index (χ0n) is 7.57. The van der Waals surface area contributed by atoms with Gasteiger partial charge in [-0.1, -0.05) is 0 Å². The molecule has 2 heterocycles. The normalized spacial score (nSPS) is 38.5. The second-order valence-electron chi connectivity index (χ2n) is 4.12. The number of likely N-dealkylation sites (tertiary alicyclic amines) is 1. The zero-order valence-corrected chi connectivity index (χ0v) is 7.57. The van der Waals surface area contributed by atoms with Crippen LogP contribution >= 0.6 is 0 Å². The Morgan fingerprint density at radius 2 is 2.42 bits per heavy atom. The first-order chi connectivity index (χ1) is 5.74. The number of aliphatic hydroxyl groups is 1. The van der Waals surface area contributed by atoms with Crippen molar-refractivity contribution >= 4 is 0 Å². The highest BCUT2D eigenvalue weighted by atomic mass is 16.5. The summed E-state index contributed by atoms with van der Waals surface area (Å²) in [7, 11) is 0. The first-order valence-electron chi connectivity index (χ1n) is 4.76. The van der Waals surface area contributed by atoms with Crippen LogP contribution in [0.15, 0.2) is 0 Å².